The summed E-state index contributed by atoms with van der Waals surface area (Å²) in [6, 6.07) is 6.02. The summed E-state index contributed by atoms with van der Waals surface area (Å²) in [5.74, 6) is -0.225. The molecule has 110 valence electrons. The molecule has 3 rings (SSSR count). The molecule has 1 unspecified atom stereocenters. The van der Waals surface area contributed by atoms with E-state index in [-0.39, 0.29) is 6.04 Å². The van der Waals surface area contributed by atoms with Crippen LogP contribution >= 0.6 is 0 Å². The quantitative estimate of drug-likeness (QED) is 0.679. The molecule has 0 aliphatic heterocycles. The Bertz CT molecular complexity index is 679. The number of nitro benzene ring substituents is 1. The first-order valence-electron chi connectivity index (χ1n) is 6.88. The molecule has 0 radical (unpaired) electrons. The molecule has 1 saturated carbocycles. The smallest absolute Gasteiger partial charge is 0.304 e. The van der Waals surface area contributed by atoms with Gasteiger partial charge in [0.15, 0.2) is 0 Å². The first-order valence-corrected chi connectivity index (χ1v) is 6.88. The highest BCUT2D eigenvalue weighted by molar-refractivity contribution is 5.35. The molecule has 21 heavy (non-hydrogen) atoms. The van der Waals surface area contributed by atoms with Crippen LogP contribution in [-0.2, 0) is 6.54 Å². The Labute approximate surface area is 121 Å². The fourth-order valence-electron chi connectivity index (χ4n) is 2.49. The Kier molecular flexibility index (Phi) is 3.47. The van der Waals surface area contributed by atoms with Crippen molar-refractivity contribution < 1.29 is 9.31 Å². The molecule has 0 spiro atoms. The second kappa shape index (κ2) is 5.29. The SMILES string of the molecule is NC(c1ccn(Cc2ccc([N+](=O)[O-])c(F)c2)c1)C1CC1. The second-order valence-corrected chi connectivity index (χ2v) is 5.52. The van der Waals surface area contributed by atoms with Gasteiger partial charge in [-0.2, -0.15) is 4.39 Å². The molecule has 6 heteroatoms. The predicted molar refractivity (Wildman–Crippen MR) is 76.2 cm³/mol. The van der Waals surface area contributed by atoms with Crippen LogP contribution in [0.3, 0.4) is 0 Å². The summed E-state index contributed by atoms with van der Waals surface area (Å²) in [5, 5.41) is 10.6. The number of nitrogens with two attached hydrogens (primary N) is 1. The number of halogens is 1. The van der Waals surface area contributed by atoms with Crippen LogP contribution in [0.1, 0.15) is 30.0 Å². The number of benzene rings is 1. The second-order valence-electron chi connectivity index (χ2n) is 5.52. The van der Waals surface area contributed by atoms with E-state index in [4.69, 9.17) is 5.73 Å². The highest BCUT2D eigenvalue weighted by Gasteiger charge is 2.29. The lowest BCUT2D eigenvalue weighted by molar-refractivity contribution is -0.387. The molecular weight excluding hydrogens is 273 g/mol. The van der Waals surface area contributed by atoms with Gasteiger partial charge in [0.1, 0.15) is 0 Å². The normalized spacial score (nSPS) is 15.9. The zero-order valence-electron chi connectivity index (χ0n) is 11.4. The van der Waals surface area contributed by atoms with E-state index in [1.165, 1.54) is 25.0 Å². The van der Waals surface area contributed by atoms with E-state index in [0.717, 1.165) is 5.56 Å². The molecule has 0 saturated heterocycles. The van der Waals surface area contributed by atoms with Crippen LogP contribution < -0.4 is 5.73 Å². The first kappa shape index (κ1) is 13.8. The van der Waals surface area contributed by atoms with Crippen LogP contribution in [0.2, 0.25) is 0 Å². The summed E-state index contributed by atoms with van der Waals surface area (Å²) in [7, 11) is 0. The maximum absolute atomic E-state index is 13.6. The molecule has 0 amide bonds. The molecule has 2 N–H and O–H groups in total. The van der Waals surface area contributed by atoms with Gasteiger partial charge in [0.25, 0.3) is 0 Å². The van der Waals surface area contributed by atoms with Crippen LogP contribution in [0, 0.1) is 21.8 Å². The third-order valence-electron chi connectivity index (χ3n) is 3.86. The maximum atomic E-state index is 13.6. The van der Waals surface area contributed by atoms with Crippen molar-refractivity contribution in [3.63, 3.8) is 0 Å². The van der Waals surface area contributed by atoms with Crippen molar-refractivity contribution in [2.75, 3.05) is 0 Å². The van der Waals surface area contributed by atoms with E-state index in [0.29, 0.717) is 18.0 Å². The van der Waals surface area contributed by atoms with E-state index in [1.54, 1.807) is 6.07 Å². The Morgan fingerprint density at radius 2 is 2.19 bits per heavy atom. The summed E-state index contributed by atoms with van der Waals surface area (Å²) in [5.41, 5.74) is 7.40. The van der Waals surface area contributed by atoms with Crippen LogP contribution in [0.15, 0.2) is 36.7 Å². The monoisotopic (exact) mass is 289 g/mol. The first-order chi connectivity index (χ1) is 10.0. The Hall–Kier alpha value is -2.21. The van der Waals surface area contributed by atoms with Crippen LogP contribution in [0.25, 0.3) is 0 Å². The average molecular weight is 289 g/mol. The summed E-state index contributed by atoms with van der Waals surface area (Å²) in [4.78, 5) is 9.87. The highest BCUT2D eigenvalue weighted by Crippen LogP contribution is 2.39. The molecule has 1 aromatic heterocycles. The average Bonchev–Trinajstić information content (AvgIpc) is 3.18. The van der Waals surface area contributed by atoms with Crippen molar-refractivity contribution in [1.29, 1.82) is 0 Å². The fraction of sp³-hybridized carbons (Fsp3) is 0.333. The summed E-state index contributed by atoms with van der Waals surface area (Å²) in [6.45, 7) is 0.465. The summed E-state index contributed by atoms with van der Waals surface area (Å²) in [6.07, 6.45) is 6.22. The van der Waals surface area contributed by atoms with Gasteiger partial charge in [-0.1, -0.05) is 6.07 Å². The number of hydrogen-bond donors (Lipinski definition) is 1. The van der Waals surface area contributed by atoms with Gasteiger partial charge < -0.3 is 10.3 Å². The minimum atomic E-state index is -0.806. The topological polar surface area (TPSA) is 74.1 Å². The van der Waals surface area contributed by atoms with Crippen molar-refractivity contribution in [1.82, 2.24) is 4.57 Å². The van der Waals surface area contributed by atoms with Crippen LogP contribution in [-0.4, -0.2) is 9.49 Å². The van der Waals surface area contributed by atoms with E-state index in [1.807, 2.05) is 23.0 Å². The van der Waals surface area contributed by atoms with E-state index < -0.39 is 16.4 Å². The van der Waals surface area contributed by atoms with Gasteiger partial charge in [-0.25, -0.2) is 0 Å². The fourth-order valence-corrected chi connectivity index (χ4v) is 2.49. The van der Waals surface area contributed by atoms with Gasteiger partial charge in [0.05, 0.1) is 4.92 Å². The van der Waals surface area contributed by atoms with E-state index >= 15 is 0 Å². The Balaban J connectivity index is 1.74. The summed E-state index contributed by atoms with van der Waals surface area (Å²) < 4.78 is 15.5. The number of nitro groups is 1. The minimum Gasteiger partial charge on any atom is -0.350 e. The van der Waals surface area contributed by atoms with E-state index in [2.05, 4.69) is 0 Å². The third-order valence-corrected chi connectivity index (χ3v) is 3.86. The number of hydrogen-bond acceptors (Lipinski definition) is 3. The third kappa shape index (κ3) is 2.95. The van der Waals surface area contributed by atoms with Crippen molar-refractivity contribution >= 4 is 5.69 Å². The Morgan fingerprint density at radius 1 is 1.43 bits per heavy atom. The van der Waals surface area contributed by atoms with Gasteiger partial charge in [-0.15, -0.1) is 0 Å². The largest absolute Gasteiger partial charge is 0.350 e. The molecule has 1 heterocycles. The van der Waals surface area contributed by atoms with Gasteiger partial charge in [0, 0.05) is 31.0 Å². The molecule has 1 fully saturated rings. The van der Waals surface area contributed by atoms with Gasteiger partial charge in [0.2, 0.25) is 5.82 Å². The zero-order chi connectivity index (χ0) is 15.0. The predicted octanol–water partition coefficient (Wildman–Crippen LogP) is 2.99. The number of rotatable bonds is 5. The van der Waals surface area contributed by atoms with Crippen molar-refractivity contribution in [3.05, 3.63) is 63.7 Å². The Morgan fingerprint density at radius 3 is 2.81 bits per heavy atom. The molecule has 0 bridgehead atoms. The molecule has 5 nitrogen and oxygen atoms in total. The van der Waals surface area contributed by atoms with Gasteiger partial charge in [-0.05, 0) is 42.0 Å². The maximum Gasteiger partial charge on any atom is 0.304 e. The molecule has 1 atom stereocenters. The van der Waals surface area contributed by atoms with Gasteiger partial charge in [-0.3, -0.25) is 10.1 Å². The molecule has 1 aromatic carbocycles. The molecule has 1 aliphatic rings. The van der Waals surface area contributed by atoms with Crippen LogP contribution in [0.4, 0.5) is 10.1 Å². The standard InChI is InChI=1S/C15H16FN3O2/c16-13-7-10(1-4-14(13)19(20)21)8-18-6-5-12(9-18)15(17)11-2-3-11/h1,4-7,9,11,15H,2-3,8,17H2. The lowest BCUT2D eigenvalue weighted by atomic mass is 10.1. The molecule has 1 aliphatic carbocycles. The van der Waals surface area contributed by atoms with Gasteiger partial charge >= 0.3 is 5.69 Å². The van der Waals surface area contributed by atoms with Crippen molar-refractivity contribution in [3.8, 4) is 0 Å². The van der Waals surface area contributed by atoms with Crippen molar-refractivity contribution in [2.45, 2.75) is 25.4 Å². The zero-order valence-corrected chi connectivity index (χ0v) is 11.4. The number of nitrogens with zero attached hydrogens (tertiary/aromatic N) is 2. The highest BCUT2D eigenvalue weighted by atomic mass is 19.1. The molecule has 2 aromatic rings. The lowest BCUT2D eigenvalue weighted by Crippen LogP contribution is -2.11. The van der Waals surface area contributed by atoms with E-state index in [9.17, 15) is 14.5 Å². The lowest BCUT2D eigenvalue weighted by Gasteiger charge is -2.07. The number of aromatic nitrogens is 1. The summed E-state index contributed by atoms with van der Waals surface area (Å²) >= 11 is 0. The van der Waals surface area contributed by atoms with Crippen molar-refractivity contribution in [2.24, 2.45) is 11.7 Å². The minimum absolute atomic E-state index is 0.0693. The molecular formula is C15H16FN3O2. The van der Waals surface area contributed by atoms with Crippen LogP contribution in [0.5, 0.6) is 0 Å².